The first-order valence-electron chi connectivity index (χ1n) is 6.88. The van der Waals surface area contributed by atoms with Crippen molar-refractivity contribution in [2.45, 2.75) is 31.2 Å². The molecule has 0 aliphatic carbocycles. The molecule has 24 heavy (non-hydrogen) atoms. The second-order valence-electron chi connectivity index (χ2n) is 5.30. The van der Waals surface area contributed by atoms with E-state index in [1.54, 1.807) is 0 Å². The Bertz CT molecular complexity index is 549. The van der Waals surface area contributed by atoms with Gasteiger partial charge >= 0.3 is 12.4 Å². The Morgan fingerprint density at radius 3 is 2.04 bits per heavy atom. The fourth-order valence-electron chi connectivity index (χ4n) is 2.33. The van der Waals surface area contributed by atoms with E-state index in [4.69, 9.17) is 0 Å². The van der Waals surface area contributed by atoms with Crippen molar-refractivity contribution < 1.29 is 31.1 Å². The van der Waals surface area contributed by atoms with Crippen molar-refractivity contribution in [1.29, 1.82) is 0 Å². The molecule has 1 aliphatic rings. The van der Waals surface area contributed by atoms with Gasteiger partial charge in [0, 0.05) is 18.2 Å². The molecule has 1 atom stereocenters. The third kappa shape index (κ3) is 5.27. The van der Waals surface area contributed by atoms with Gasteiger partial charge in [-0.05, 0) is 37.6 Å². The van der Waals surface area contributed by atoms with E-state index < -0.39 is 35.0 Å². The van der Waals surface area contributed by atoms with Crippen molar-refractivity contribution in [2.75, 3.05) is 13.1 Å². The van der Waals surface area contributed by atoms with Gasteiger partial charge in [0.05, 0.1) is 11.1 Å². The molecule has 0 bridgehead atoms. The van der Waals surface area contributed by atoms with Gasteiger partial charge in [-0.1, -0.05) is 0 Å². The van der Waals surface area contributed by atoms with E-state index in [-0.39, 0.29) is 31.1 Å². The van der Waals surface area contributed by atoms with Crippen LogP contribution in [-0.2, 0) is 12.4 Å². The van der Waals surface area contributed by atoms with Gasteiger partial charge in [0.1, 0.15) is 0 Å². The van der Waals surface area contributed by atoms with E-state index in [1.807, 2.05) is 0 Å². The number of carbonyl (C=O) groups is 1. The minimum absolute atomic E-state index is 0. The average molecular weight is 377 g/mol. The predicted octanol–water partition coefficient (Wildman–Crippen LogP) is 3.63. The van der Waals surface area contributed by atoms with Gasteiger partial charge in [0.2, 0.25) is 0 Å². The van der Waals surface area contributed by atoms with Gasteiger partial charge in [-0.25, -0.2) is 0 Å². The highest BCUT2D eigenvalue weighted by molar-refractivity contribution is 5.94. The topological polar surface area (TPSA) is 41.1 Å². The third-order valence-corrected chi connectivity index (χ3v) is 3.52. The first kappa shape index (κ1) is 20.6. The van der Waals surface area contributed by atoms with Gasteiger partial charge in [-0.3, -0.25) is 4.79 Å². The maximum absolute atomic E-state index is 12.7. The van der Waals surface area contributed by atoms with Crippen LogP contribution in [0.1, 0.15) is 34.3 Å². The van der Waals surface area contributed by atoms with Crippen LogP contribution in [0.3, 0.4) is 0 Å². The molecule has 10 heteroatoms. The smallest absolute Gasteiger partial charge is 0.350 e. The highest BCUT2D eigenvalue weighted by Gasteiger charge is 2.37. The molecule has 3 nitrogen and oxygen atoms in total. The molecule has 136 valence electrons. The van der Waals surface area contributed by atoms with Gasteiger partial charge in [-0.15, -0.1) is 12.4 Å². The summed E-state index contributed by atoms with van der Waals surface area (Å²) >= 11 is 0. The van der Waals surface area contributed by atoms with Crippen molar-refractivity contribution in [3.63, 3.8) is 0 Å². The van der Waals surface area contributed by atoms with Crippen LogP contribution in [0.4, 0.5) is 26.3 Å². The zero-order valence-electron chi connectivity index (χ0n) is 12.2. The summed E-state index contributed by atoms with van der Waals surface area (Å²) in [6.07, 6.45) is -8.24. The number of rotatable bonds is 3. The molecule has 2 rings (SSSR count). The Balaban J connectivity index is 0.00000288. The maximum Gasteiger partial charge on any atom is 0.416 e. The first-order chi connectivity index (χ1) is 10.6. The van der Waals surface area contributed by atoms with E-state index in [2.05, 4.69) is 10.6 Å². The summed E-state index contributed by atoms with van der Waals surface area (Å²) in [6, 6.07) is 0.820. The number of alkyl halides is 6. The molecule has 1 aliphatic heterocycles. The lowest BCUT2D eigenvalue weighted by Crippen LogP contribution is -2.37. The Kier molecular flexibility index (Phi) is 6.52. The second-order valence-corrected chi connectivity index (χ2v) is 5.30. The monoisotopic (exact) mass is 376 g/mol. The van der Waals surface area contributed by atoms with Crippen molar-refractivity contribution in [3.05, 3.63) is 34.9 Å². The van der Waals surface area contributed by atoms with Gasteiger partial charge in [-0.2, -0.15) is 26.3 Å². The molecule has 0 saturated carbocycles. The lowest BCUT2D eigenvalue weighted by molar-refractivity contribution is -0.143. The highest BCUT2D eigenvalue weighted by atomic mass is 35.5. The maximum atomic E-state index is 12.7. The van der Waals surface area contributed by atoms with E-state index in [1.165, 1.54) is 0 Å². The summed E-state index contributed by atoms with van der Waals surface area (Å²) in [7, 11) is 0. The Morgan fingerprint density at radius 2 is 1.62 bits per heavy atom. The quantitative estimate of drug-likeness (QED) is 0.791. The van der Waals surface area contributed by atoms with E-state index in [0.717, 1.165) is 19.4 Å². The summed E-state index contributed by atoms with van der Waals surface area (Å²) in [4.78, 5) is 11.9. The minimum Gasteiger partial charge on any atom is -0.350 e. The van der Waals surface area contributed by atoms with Crippen molar-refractivity contribution >= 4 is 18.3 Å². The number of benzene rings is 1. The largest absolute Gasteiger partial charge is 0.416 e. The van der Waals surface area contributed by atoms with E-state index >= 15 is 0 Å². The van der Waals surface area contributed by atoms with Crippen molar-refractivity contribution in [1.82, 2.24) is 10.6 Å². The van der Waals surface area contributed by atoms with Crippen molar-refractivity contribution in [3.8, 4) is 0 Å². The molecule has 1 aromatic rings. The Hall–Kier alpha value is -1.48. The van der Waals surface area contributed by atoms with E-state index in [0.29, 0.717) is 12.1 Å². The molecule has 1 saturated heterocycles. The van der Waals surface area contributed by atoms with Crippen LogP contribution >= 0.6 is 12.4 Å². The number of nitrogens with one attached hydrogen (secondary N) is 2. The molecular formula is C14H15ClF6N2O. The molecule has 1 unspecified atom stereocenters. The molecule has 0 radical (unpaired) electrons. The van der Waals surface area contributed by atoms with Crippen LogP contribution in [-0.4, -0.2) is 25.0 Å². The predicted molar refractivity (Wildman–Crippen MR) is 77.1 cm³/mol. The number of hydrogen-bond donors (Lipinski definition) is 2. The number of hydrogen-bond acceptors (Lipinski definition) is 2. The minimum atomic E-state index is -4.97. The molecule has 0 aromatic heterocycles. The normalized spacial score (nSPS) is 18.2. The standard InChI is InChI=1S/C14H14F6N2O.ClH/c15-13(16,17)9-4-8(5-10(6-9)14(18,19)20)12(23)22-7-11-2-1-3-21-11;/h4-6,11,21H,1-3,7H2,(H,22,23);1H. The van der Waals surface area contributed by atoms with Crippen LogP contribution in [0.5, 0.6) is 0 Å². The molecule has 1 heterocycles. The molecule has 0 spiro atoms. The number of carbonyl (C=O) groups excluding carboxylic acids is 1. The third-order valence-electron chi connectivity index (χ3n) is 3.52. The molecular weight excluding hydrogens is 362 g/mol. The zero-order chi connectivity index (χ0) is 17.3. The summed E-state index contributed by atoms with van der Waals surface area (Å²) < 4.78 is 76.3. The van der Waals surface area contributed by atoms with Crippen LogP contribution < -0.4 is 10.6 Å². The van der Waals surface area contributed by atoms with Crippen LogP contribution in [0.25, 0.3) is 0 Å². The average Bonchev–Trinajstić information content (AvgIpc) is 2.95. The summed E-state index contributed by atoms with van der Waals surface area (Å²) in [5, 5.41) is 5.42. The van der Waals surface area contributed by atoms with Crippen molar-refractivity contribution in [2.24, 2.45) is 0 Å². The first-order valence-corrected chi connectivity index (χ1v) is 6.88. The lowest BCUT2D eigenvalue weighted by Gasteiger charge is -2.15. The second kappa shape index (κ2) is 7.60. The van der Waals surface area contributed by atoms with Gasteiger partial charge in [0.25, 0.3) is 5.91 Å². The fourth-order valence-corrected chi connectivity index (χ4v) is 2.33. The molecule has 1 amide bonds. The molecule has 1 fully saturated rings. The van der Waals surface area contributed by atoms with Crippen LogP contribution in [0, 0.1) is 0 Å². The lowest BCUT2D eigenvalue weighted by atomic mass is 10.0. The van der Waals surface area contributed by atoms with Crippen LogP contribution in [0.2, 0.25) is 0 Å². The highest BCUT2D eigenvalue weighted by Crippen LogP contribution is 2.36. The summed E-state index contributed by atoms with van der Waals surface area (Å²) in [6.45, 7) is 0.915. The summed E-state index contributed by atoms with van der Waals surface area (Å²) in [5.41, 5.74) is -3.67. The molecule has 2 N–H and O–H groups in total. The number of amides is 1. The van der Waals surface area contributed by atoms with Crippen LogP contribution in [0.15, 0.2) is 18.2 Å². The van der Waals surface area contributed by atoms with E-state index in [9.17, 15) is 31.1 Å². The van der Waals surface area contributed by atoms with Gasteiger partial charge in [0.15, 0.2) is 0 Å². The Morgan fingerprint density at radius 1 is 1.08 bits per heavy atom. The number of halogens is 7. The molecule has 1 aromatic carbocycles. The SMILES string of the molecule is Cl.O=C(NCC1CCCN1)c1cc(C(F)(F)F)cc(C(F)(F)F)c1. The summed E-state index contributed by atoms with van der Waals surface area (Å²) in [5.74, 6) is -0.963. The zero-order valence-corrected chi connectivity index (χ0v) is 13.0. The fraction of sp³-hybridized carbons (Fsp3) is 0.500. The Labute approximate surface area is 140 Å². The van der Waals surface area contributed by atoms with Gasteiger partial charge < -0.3 is 10.6 Å².